The number of ether oxygens (including phenoxy) is 2. The van der Waals surface area contributed by atoms with E-state index in [0.29, 0.717) is 23.6 Å². The minimum atomic E-state index is -4.60. The number of aromatic hydroxyl groups is 1. The van der Waals surface area contributed by atoms with Crippen LogP contribution in [0.4, 0.5) is 23.7 Å². The molecule has 0 aliphatic carbocycles. The standard InChI is InChI=1S/C23H21F3N4O5/c1-34-16-7-13(8-17(10-16)35-2)27-21(32)28-11-15-9-18(28)19-20(31)30(22(33)29(15)19)14-5-3-4-12(6-14)23(24,25)26/h3-8,10,15,18,31H,9,11H2,1-2H3,(H,27,32)/t15-,18-/m0/s1. The zero-order chi connectivity index (χ0) is 25.1. The quantitative estimate of drug-likeness (QED) is 0.578. The number of carbonyl (C=O) groups excluding carboxylic acids is 1. The maximum atomic E-state index is 13.2. The second-order valence-electron chi connectivity index (χ2n) is 8.33. The summed E-state index contributed by atoms with van der Waals surface area (Å²) in [6.45, 7) is 0.205. The number of rotatable bonds is 4. The van der Waals surface area contributed by atoms with Gasteiger partial charge < -0.3 is 24.8 Å². The summed E-state index contributed by atoms with van der Waals surface area (Å²) in [5.41, 5.74) is -1.07. The van der Waals surface area contributed by atoms with Gasteiger partial charge in [0.2, 0.25) is 5.88 Å². The summed E-state index contributed by atoms with van der Waals surface area (Å²) < 4.78 is 52.2. The molecule has 1 fully saturated rings. The van der Waals surface area contributed by atoms with Crippen LogP contribution in [0, 0.1) is 0 Å². The predicted molar refractivity (Wildman–Crippen MR) is 118 cm³/mol. The molecular weight excluding hydrogens is 469 g/mol. The van der Waals surface area contributed by atoms with Crippen molar-refractivity contribution in [3.63, 3.8) is 0 Å². The Hall–Kier alpha value is -4.09. The average Bonchev–Trinajstić information content (AvgIpc) is 3.49. The summed E-state index contributed by atoms with van der Waals surface area (Å²) in [4.78, 5) is 27.6. The summed E-state index contributed by atoms with van der Waals surface area (Å²) in [6, 6.07) is 7.58. The fourth-order valence-corrected chi connectivity index (χ4v) is 4.80. The molecule has 1 aromatic heterocycles. The molecule has 0 saturated carbocycles. The van der Waals surface area contributed by atoms with Gasteiger partial charge in [0.15, 0.2) is 0 Å². The number of alkyl halides is 3. The topological polar surface area (TPSA) is 98.0 Å². The van der Waals surface area contributed by atoms with Crippen LogP contribution in [0.3, 0.4) is 0 Å². The van der Waals surface area contributed by atoms with Crippen molar-refractivity contribution >= 4 is 11.7 Å². The molecule has 3 aromatic rings. The molecule has 2 aromatic carbocycles. The number of hydrogen-bond donors (Lipinski definition) is 2. The van der Waals surface area contributed by atoms with Crippen LogP contribution in [0.25, 0.3) is 5.69 Å². The highest BCUT2D eigenvalue weighted by Crippen LogP contribution is 2.49. The van der Waals surface area contributed by atoms with E-state index in [0.717, 1.165) is 16.7 Å². The number of likely N-dealkylation sites (tertiary alicyclic amines) is 1. The number of benzene rings is 2. The van der Waals surface area contributed by atoms with Crippen molar-refractivity contribution in [1.29, 1.82) is 0 Å². The van der Waals surface area contributed by atoms with Gasteiger partial charge >= 0.3 is 17.9 Å². The first-order valence-electron chi connectivity index (χ1n) is 10.7. The highest BCUT2D eigenvalue weighted by molar-refractivity contribution is 5.90. The zero-order valence-corrected chi connectivity index (χ0v) is 18.7. The molecule has 2 amide bonds. The second kappa shape index (κ2) is 8.00. The normalized spacial score (nSPS) is 18.5. The van der Waals surface area contributed by atoms with Crippen LogP contribution in [0.2, 0.25) is 0 Å². The minimum Gasteiger partial charge on any atom is -0.497 e. The molecule has 1 saturated heterocycles. The lowest BCUT2D eigenvalue weighted by Gasteiger charge is -2.28. The van der Waals surface area contributed by atoms with Gasteiger partial charge in [-0.05, 0) is 24.6 Å². The van der Waals surface area contributed by atoms with Crippen LogP contribution in [0.1, 0.15) is 29.8 Å². The van der Waals surface area contributed by atoms with E-state index in [9.17, 15) is 27.9 Å². The van der Waals surface area contributed by atoms with E-state index in [1.165, 1.54) is 35.8 Å². The Bertz CT molecular complexity index is 1360. The molecule has 3 heterocycles. The van der Waals surface area contributed by atoms with Gasteiger partial charge in [0, 0.05) is 30.4 Å². The Balaban J connectivity index is 1.46. The van der Waals surface area contributed by atoms with Crippen LogP contribution in [0.15, 0.2) is 47.3 Å². The maximum absolute atomic E-state index is 13.2. The Morgan fingerprint density at radius 1 is 1.11 bits per heavy atom. The van der Waals surface area contributed by atoms with Crippen LogP contribution < -0.4 is 20.5 Å². The fraction of sp³-hybridized carbons (Fsp3) is 0.304. The summed E-state index contributed by atoms with van der Waals surface area (Å²) in [7, 11) is 2.97. The van der Waals surface area contributed by atoms with E-state index in [-0.39, 0.29) is 17.9 Å². The van der Waals surface area contributed by atoms with E-state index < -0.39 is 41.4 Å². The second-order valence-corrected chi connectivity index (χ2v) is 8.33. The van der Waals surface area contributed by atoms with Crippen molar-refractivity contribution in [2.45, 2.75) is 24.7 Å². The molecule has 0 radical (unpaired) electrons. The van der Waals surface area contributed by atoms with Crippen molar-refractivity contribution in [3.8, 4) is 23.1 Å². The smallest absolute Gasteiger partial charge is 0.416 e. The summed E-state index contributed by atoms with van der Waals surface area (Å²) in [6.07, 6.45) is -4.19. The Morgan fingerprint density at radius 2 is 1.80 bits per heavy atom. The first kappa shape index (κ1) is 22.7. The van der Waals surface area contributed by atoms with Crippen molar-refractivity contribution in [1.82, 2.24) is 14.0 Å². The lowest BCUT2D eigenvalue weighted by atomic mass is 10.2. The number of methoxy groups -OCH3 is 2. The van der Waals surface area contributed by atoms with Gasteiger partial charge in [0.05, 0.1) is 37.6 Å². The Kier molecular flexibility index (Phi) is 5.18. The maximum Gasteiger partial charge on any atom is 0.416 e. The van der Waals surface area contributed by atoms with Crippen LogP contribution in [0.5, 0.6) is 17.4 Å². The lowest BCUT2D eigenvalue weighted by molar-refractivity contribution is -0.137. The van der Waals surface area contributed by atoms with E-state index in [4.69, 9.17) is 9.47 Å². The van der Waals surface area contributed by atoms with Gasteiger partial charge in [0.25, 0.3) is 0 Å². The third-order valence-electron chi connectivity index (χ3n) is 6.35. The SMILES string of the molecule is COc1cc(NC(=O)N2C[C@@H]3C[C@H]2c2c(O)n(-c4cccc(C(F)(F)F)c4)c(=O)n23)cc(OC)c1. The third-order valence-corrected chi connectivity index (χ3v) is 6.35. The van der Waals surface area contributed by atoms with E-state index in [1.54, 1.807) is 18.2 Å². The van der Waals surface area contributed by atoms with Crippen LogP contribution in [-0.4, -0.2) is 45.9 Å². The summed E-state index contributed by atoms with van der Waals surface area (Å²) in [5, 5.41) is 13.7. The molecule has 2 bridgehead atoms. The number of carbonyl (C=O) groups is 1. The number of hydrogen-bond acceptors (Lipinski definition) is 5. The van der Waals surface area contributed by atoms with Crippen LogP contribution >= 0.6 is 0 Å². The van der Waals surface area contributed by atoms with Gasteiger partial charge in [-0.1, -0.05) is 6.07 Å². The molecule has 2 aliphatic heterocycles. The first-order valence-corrected chi connectivity index (χ1v) is 10.7. The minimum absolute atomic E-state index is 0.108. The number of halogens is 3. The third kappa shape index (κ3) is 3.65. The Labute approximate surface area is 196 Å². The predicted octanol–water partition coefficient (Wildman–Crippen LogP) is 3.91. The number of nitrogens with zero attached hydrogens (tertiary/aromatic N) is 3. The largest absolute Gasteiger partial charge is 0.497 e. The number of anilines is 1. The molecule has 0 spiro atoms. The molecule has 5 rings (SSSR count). The number of imidazole rings is 1. The van der Waals surface area contributed by atoms with E-state index in [2.05, 4.69) is 5.32 Å². The molecule has 2 atom stereocenters. The molecular formula is C23H21F3N4O5. The number of fused-ring (bicyclic) bond motifs is 5. The molecule has 2 aliphatic rings. The van der Waals surface area contributed by atoms with Gasteiger partial charge in [-0.25, -0.2) is 14.2 Å². The number of aromatic nitrogens is 2. The molecule has 2 N–H and O–H groups in total. The molecule has 12 heteroatoms. The molecule has 184 valence electrons. The number of amides is 2. The fourth-order valence-electron chi connectivity index (χ4n) is 4.80. The number of nitrogens with one attached hydrogen (secondary N) is 1. The van der Waals surface area contributed by atoms with Gasteiger partial charge in [-0.2, -0.15) is 13.2 Å². The lowest BCUT2D eigenvalue weighted by Crippen LogP contribution is -2.40. The first-order chi connectivity index (χ1) is 16.6. The summed E-state index contributed by atoms with van der Waals surface area (Å²) in [5.74, 6) is 0.474. The molecule has 35 heavy (non-hydrogen) atoms. The van der Waals surface area contributed by atoms with Crippen LogP contribution in [-0.2, 0) is 6.18 Å². The van der Waals surface area contributed by atoms with Gasteiger partial charge in [-0.15, -0.1) is 0 Å². The van der Waals surface area contributed by atoms with Crippen molar-refractivity contribution in [2.75, 3.05) is 26.1 Å². The van der Waals surface area contributed by atoms with Gasteiger partial charge in [0.1, 0.15) is 17.2 Å². The van der Waals surface area contributed by atoms with E-state index in [1.807, 2.05) is 0 Å². The highest BCUT2D eigenvalue weighted by Gasteiger charge is 2.49. The van der Waals surface area contributed by atoms with E-state index >= 15 is 0 Å². The Morgan fingerprint density at radius 3 is 2.43 bits per heavy atom. The van der Waals surface area contributed by atoms with Crippen molar-refractivity contribution in [3.05, 3.63) is 64.2 Å². The van der Waals surface area contributed by atoms with Crippen molar-refractivity contribution < 1.29 is 32.5 Å². The molecule has 9 nitrogen and oxygen atoms in total. The van der Waals surface area contributed by atoms with Crippen molar-refractivity contribution in [2.24, 2.45) is 0 Å². The highest BCUT2D eigenvalue weighted by atomic mass is 19.4. The van der Waals surface area contributed by atoms with Gasteiger partial charge in [-0.3, -0.25) is 4.57 Å². The number of urea groups is 1. The summed E-state index contributed by atoms with van der Waals surface area (Å²) >= 11 is 0. The monoisotopic (exact) mass is 490 g/mol. The molecule has 0 unspecified atom stereocenters. The average molecular weight is 490 g/mol. The zero-order valence-electron chi connectivity index (χ0n) is 18.7.